The van der Waals surface area contributed by atoms with Gasteiger partial charge in [-0.3, -0.25) is 0 Å². The number of alkyl halides is 1. The highest BCUT2D eigenvalue weighted by molar-refractivity contribution is 9.09. The average molecular weight is 270 g/mol. The minimum absolute atomic E-state index is 0.216. The number of anilines is 1. The zero-order valence-electron chi connectivity index (χ0n) is 8.11. The molecule has 0 atom stereocenters. The molecule has 1 aromatic rings. The van der Waals surface area contributed by atoms with Gasteiger partial charge in [0.2, 0.25) is 0 Å². The van der Waals surface area contributed by atoms with E-state index in [9.17, 15) is 4.79 Å². The molecule has 0 unspecified atom stereocenters. The highest BCUT2D eigenvalue weighted by Crippen LogP contribution is 2.14. The molecule has 0 heterocycles. The minimum Gasteiger partial charge on any atom is -0.478 e. The third kappa shape index (κ3) is 3.75. The second-order valence-corrected chi connectivity index (χ2v) is 3.87. The lowest BCUT2D eigenvalue weighted by Crippen LogP contribution is -1.98. The van der Waals surface area contributed by atoms with Crippen molar-refractivity contribution in [3.63, 3.8) is 0 Å². The van der Waals surface area contributed by atoms with Gasteiger partial charge in [-0.1, -0.05) is 28.1 Å². The third-order valence-electron chi connectivity index (χ3n) is 1.81. The molecule has 1 rings (SSSR count). The number of aromatic carboxylic acids is 1. The van der Waals surface area contributed by atoms with Gasteiger partial charge in [0.15, 0.2) is 0 Å². The molecule has 0 bridgehead atoms. The molecule has 0 radical (unpaired) electrons. The molecule has 3 nitrogen and oxygen atoms in total. The summed E-state index contributed by atoms with van der Waals surface area (Å²) < 4.78 is 0. The van der Waals surface area contributed by atoms with Gasteiger partial charge in [-0.25, -0.2) is 4.79 Å². The van der Waals surface area contributed by atoms with E-state index >= 15 is 0 Å². The lowest BCUT2D eigenvalue weighted by atomic mass is 10.1. The molecule has 80 valence electrons. The summed E-state index contributed by atoms with van der Waals surface area (Å²) in [6, 6.07) is 4.80. The van der Waals surface area contributed by atoms with Crippen LogP contribution in [0.1, 0.15) is 22.3 Å². The van der Waals surface area contributed by atoms with Gasteiger partial charge in [-0.15, -0.1) is 0 Å². The van der Waals surface area contributed by atoms with Gasteiger partial charge in [0.05, 0.1) is 5.56 Å². The Morgan fingerprint density at radius 3 is 2.80 bits per heavy atom. The fourth-order valence-corrected chi connectivity index (χ4v) is 1.44. The highest BCUT2D eigenvalue weighted by Gasteiger charge is 2.03. The first-order chi connectivity index (χ1) is 7.13. The molecule has 15 heavy (non-hydrogen) atoms. The van der Waals surface area contributed by atoms with Crippen LogP contribution in [0.15, 0.2) is 24.3 Å². The lowest BCUT2D eigenvalue weighted by Gasteiger charge is -2.00. The molecule has 0 aliphatic carbocycles. The van der Waals surface area contributed by atoms with Crippen LogP contribution in [0, 0.1) is 0 Å². The SMILES string of the molecule is Nc1cc(C=CCCBr)cc(C(=O)O)c1. The zero-order valence-corrected chi connectivity index (χ0v) is 9.70. The molecule has 0 saturated carbocycles. The van der Waals surface area contributed by atoms with Gasteiger partial charge >= 0.3 is 5.97 Å². The van der Waals surface area contributed by atoms with Crippen molar-refractivity contribution in [3.8, 4) is 0 Å². The fourth-order valence-electron chi connectivity index (χ4n) is 1.18. The summed E-state index contributed by atoms with van der Waals surface area (Å²) in [6.45, 7) is 0. The van der Waals surface area contributed by atoms with Crippen molar-refractivity contribution in [1.82, 2.24) is 0 Å². The van der Waals surface area contributed by atoms with E-state index in [1.165, 1.54) is 6.07 Å². The molecule has 0 aliphatic heterocycles. The van der Waals surface area contributed by atoms with Crippen LogP contribution in [0.5, 0.6) is 0 Å². The van der Waals surface area contributed by atoms with Crippen LogP contribution in [0.4, 0.5) is 5.69 Å². The second-order valence-electron chi connectivity index (χ2n) is 3.07. The number of carbonyl (C=O) groups is 1. The quantitative estimate of drug-likeness (QED) is 0.653. The second kappa shape index (κ2) is 5.56. The van der Waals surface area contributed by atoms with Gasteiger partial charge in [-0.05, 0) is 30.2 Å². The van der Waals surface area contributed by atoms with Crippen LogP contribution in [-0.4, -0.2) is 16.4 Å². The zero-order chi connectivity index (χ0) is 11.3. The van der Waals surface area contributed by atoms with Crippen molar-refractivity contribution in [2.24, 2.45) is 0 Å². The summed E-state index contributed by atoms with van der Waals surface area (Å²) in [5.41, 5.74) is 7.09. The summed E-state index contributed by atoms with van der Waals surface area (Å²) in [5, 5.41) is 9.70. The number of benzene rings is 1. The molecule has 3 N–H and O–H groups in total. The summed E-state index contributed by atoms with van der Waals surface area (Å²) in [4.78, 5) is 10.7. The lowest BCUT2D eigenvalue weighted by molar-refractivity contribution is 0.0697. The number of rotatable bonds is 4. The van der Waals surface area contributed by atoms with Gasteiger partial charge in [-0.2, -0.15) is 0 Å². The van der Waals surface area contributed by atoms with E-state index in [0.717, 1.165) is 17.3 Å². The summed E-state index contributed by atoms with van der Waals surface area (Å²) >= 11 is 3.31. The van der Waals surface area contributed by atoms with E-state index in [-0.39, 0.29) is 5.56 Å². The average Bonchev–Trinajstić information content (AvgIpc) is 2.17. The van der Waals surface area contributed by atoms with Gasteiger partial charge in [0, 0.05) is 11.0 Å². The minimum atomic E-state index is -0.961. The van der Waals surface area contributed by atoms with E-state index in [2.05, 4.69) is 15.9 Å². The van der Waals surface area contributed by atoms with Crippen LogP contribution < -0.4 is 5.73 Å². The summed E-state index contributed by atoms with van der Waals surface area (Å²) in [7, 11) is 0. The first-order valence-electron chi connectivity index (χ1n) is 4.50. The third-order valence-corrected chi connectivity index (χ3v) is 2.27. The number of carboxylic acid groups (broad SMARTS) is 1. The van der Waals surface area contributed by atoms with Crippen molar-refractivity contribution in [2.75, 3.05) is 11.1 Å². The Bertz CT molecular complexity index is 388. The Labute approximate surface area is 96.7 Å². The first-order valence-corrected chi connectivity index (χ1v) is 5.62. The maximum atomic E-state index is 10.7. The predicted octanol–water partition coefficient (Wildman–Crippen LogP) is 2.77. The smallest absolute Gasteiger partial charge is 0.335 e. The van der Waals surface area contributed by atoms with E-state index in [4.69, 9.17) is 10.8 Å². The van der Waals surface area contributed by atoms with Crippen molar-refractivity contribution in [2.45, 2.75) is 6.42 Å². The largest absolute Gasteiger partial charge is 0.478 e. The molecular formula is C11H12BrNO2. The number of hydrogen-bond acceptors (Lipinski definition) is 2. The van der Waals surface area contributed by atoms with E-state index in [1.807, 2.05) is 12.2 Å². The summed E-state index contributed by atoms with van der Waals surface area (Å²) in [6.07, 6.45) is 4.73. The van der Waals surface area contributed by atoms with Crippen molar-refractivity contribution >= 4 is 33.7 Å². The standard InChI is InChI=1S/C11H12BrNO2/c12-4-2-1-3-8-5-9(11(14)15)7-10(13)6-8/h1,3,5-7H,2,4,13H2,(H,14,15). The van der Waals surface area contributed by atoms with Crippen molar-refractivity contribution < 1.29 is 9.90 Å². The van der Waals surface area contributed by atoms with Crippen molar-refractivity contribution in [3.05, 3.63) is 35.4 Å². The molecule has 0 aliphatic rings. The van der Waals surface area contributed by atoms with E-state index < -0.39 is 5.97 Å². The number of hydrogen-bond donors (Lipinski definition) is 2. The molecule has 4 heteroatoms. The molecule has 0 spiro atoms. The number of nitrogen functional groups attached to an aromatic ring is 1. The van der Waals surface area contributed by atoms with Crippen LogP contribution in [0.2, 0.25) is 0 Å². The molecule has 1 aromatic carbocycles. The Balaban J connectivity index is 2.93. The van der Waals surface area contributed by atoms with Crippen LogP contribution in [0.25, 0.3) is 6.08 Å². The van der Waals surface area contributed by atoms with Crippen LogP contribution >= 0.6 is 15.9 Å². The van der Waals surface area contributed by atoms with Crippen LogP contribution in [0.3, 0.4) is 0 Å². The molecule has 0 aromatic heterocycles. The molecule has 0 saturated heterocycles. The number of halogens is 1. The van der Waals surface area contributed by atoms with E-state index in [0.29, 0.717) is 5.69 Å². The maximum Gasteiger partial charge on any atom is 0.335 e. The monoisotopic (exact) mass is 269 g/mol. The van der Waals surface area contributed by atoms with E-state index in [1.54, 1.807) is 12.1 Å². The molecular weight excluding hydrogens is 258 g/mol. The Morgan fingerprint density at radius 1 is 1.47 bits per heavy atom. The highest BCUT2D eigenvalue weighted by atomic mass is 79.9. The number of carboxylic acids is 1. The van der Waals surface area contributed by atoms with Crippen LogP contribution in [-0.2, 0) is 0 Å². The maximum absolute atomic E-state index is 10.7. The number of nitrogens with two attached hydrogens (primary N) is 1. The van der Waals surface area contributed by atoms with Gasteiger partial charge in [0.1, 0.15) is 0 Å². The van der Waals surface area contributed by atoms with Crippen molar-refractivity contribution in [1.29, 1.82) is 0 Å². The number of allylic oxidation sites excluding steroid dienone is 1. The summed E-state index contributed by atoms with van der Waals surface area (Å²) in [5.74, 6) is -0.961. The molecule has 0 amide bonds. The normalized spacial score (nSPS) is 10.7. The topological polar surface area (TPSA) is 63.3 Å². The first kappa shape index (κ1) is 11.8. The Hall–Kier alpha value is -1.29. The predicted molar refractivity (Wildman–Crippen MR) is 65.3 cm³/mol. The van der Waals surface area contributed by atoms with Gasteiger partial charge < -0.3 is 10.8 Å². The molecule has 0 fully saturated rings. The Morgan fingerprint density at radius 2 is 2.20 bits per heavy atom. The van der Waals surface area contributed by atoms with Gasteiger partial charge in [0.25, 0.3) is 0 Å². The fraction of sp³-hybridized carbons (Fsp3) is 0.182. The Kier molecular flexibility index (Phi) is 4.37.